The molecule has 0 saturated carbocycles. The third-order valence-corrected chi connectivity index (χ3v) is 3.29. The van der Waals surface area contributed by atoms with Crippen LogP contribution in [-0.2, 0) is 9.59 Å². The fourth-order valence-electron chi connectivity index (χ4n) is 2.24. The number of amides is 2. The van der Waals surface area contributed by atoms with E-state index in [1.54, 1.807) is 18.2 Å². The number of carbonyl (C=O) groups excluding carboxylic acids is 2. The Morgan fingerprint density at radius 1 is 1.30 bits per heavy atom. The second-order valence-electron chi connectivity index (χ2n) is 4.88. The largest absolute Gasteiger partial charge is 0.374 e. The van der Waals surface area contributed by atoms with Crippen molar-refractivity contribution in [2.75, 3.05) is 28.6 Å². The van der Waals surface area contributed by atoms with E-state index in [4.69, 9.17) is 0 Å². The Morgan fingerprint density at radius 2 is 2.09 bits per heavy atom. The summed E-state index contributed by atoms with van der Waals surface area (Å²) >= 11 is 0. The van der Waals surface area contributed by atoms with Gasteiger partial charge in [0.1, 0.15) is 12.4 Å². The van der Waals surface area contributed by atoms with Crippen LogP contribution in [0, 0.1) is 11.6 Å². The first-order valence-electron chi connectivity index (χ1n) is 6.79. The third-order valence-electron chi connectivity index (χ3n) is 3.29. The summed E-state index contributed by atoms with van der Waals surface area (Å²) in [5, 5.41) is 5.23. The van der Waals surface area contributed by atoms with Crippen molar-refractivity contribution in [1.29, 1.82) is 0 Å². The van der Waals surface area contributed by atoms with Gasteiger partial charge >= 0.3 is 0 Å². The molecule has 1 aliphatic rings. The predicted octanol–water partition coefficient (Wildman–Crippen LogP) is 1.76. The van der Waals surface area contributed by atoms with Gasteiger partial charge < -0.3 is 10.6 Å². The Hall–Kier alpha value is -3.03. The van der Waals surface area contributed by atoms with E-state index < -0.39 is 23.4 Å². The number of pyridine rings is 1. The highest BCUT2D eigenvalue weighted by Crippen LogP contribution is 2.31. The number of benzene rings is 1. The molecule has 118 valence electrons. The Balaban J connectivity index is 1.81. The quantitative estimate of drug-likeness (QED) is 0.904. The second kappa shape index (κ2) is 5.99. The lowest BCUT2D eigenvalue weighted by atomic mass is 10.1. The van der Waals surface area contributed by atoms with Crippen molar-refractivity contribution in [2.45, 2.75) is 0 Å². The van der Waals surface area contributed by atoms with Crippen molar-refractivity contribution < 1.29 is 18.4 Å². The molecule has 2 heterocycles. The monoisotopic (exact) mass is 318 g/mol. The van der Waals surface area contributed by atoms with Crippen molar-refractivity contribution in [2.24, 2.45) is 0 Å². The minimum Gasteiger partial charge on any atom is -0.374 e. The number of anilines is 3. The van der Waals surface area contributed by atoms with Crippen molar-refractivity contribution in [3.8, 4) is 0 Å². The summed E-state index contributed by atoms with van der Waals surface area (Å²) in [7, 11) is 0. The zero-order valence-electron chi connectivity index (χ0n) is 11.8. The van der Waals surface area contributed by atoms with Gasteiger partial charge in [-0.1, -0.05) is 6.07 Å². The molecule has 0 saturated heterocycles. The number of aromatic nitrogens is 1. The van der Waals surface area contributed by atoms with Gasteiger partial charge in [-0.2, -0.15) is 0 Å². The maximum atomic E-state index is 13.4. The molecule has 1 aromatic carbocycles. The molecule has 0 bridgehead atoms. The van der Waals surface area contributed by atoms with Crippen LogP contribution in [0.5, 0.6) is 0 Å². The molecule has 1 aliphatic heterocycles. The lowest BCUT2D eigenvalue weighted by Crippen LogP contribution is -2.44. The van der Waals surface area contributed by atoms with Gasteiger partial charge in [-0.05, 0) is 12.1 Å². The fourth-order valence-corrected chi connectivity index (χ4v) is 2.24. The smallest absolute Gasteiger partial charge is 0.246 e. The van der Waals surface area contributed by atoms with E-state index in [0.717, 1.165) is 17.0 Å². The summed E-state index contributed by atoms with van der Waals surface area (Å²) in [6.07, 6.45) is 1.51. The van der Waals surface area contributed by atoms with Crippen LogP contribution in [-0.4, -0.2) is 29.9 Å². The standard InChI is InChI=1S/C15H12F2N4O2/c16-9-5-11-12(6-10(9)17)21(15(23)7-19-11)8-14(22)20-13-3-1-2-4-18-13/h1-6,19H,7-8H2,(H,18,20,22). The van der Waals surface area contributed by atoms with Crippen LogP contribution in [0.25, 0.3) is 0 Å². The molecule has 0 aliphatic carbocycles. The van der Waals surface area contributed by atoms with E-state index in [2.05, 4.69) is 15.6 Å². The summed E-state index contributed by atoms with van der Waals surface area (Å²) in [4.78, 5) is 29.1. The molecule has 0 radical (unpaired) electrons. The van der Waals surface area contributed by atoms with Crippen LogP contribution in [0.3, 0.4) is 0 Å². The van der Waals surface area contributed by atoms with Crippen LogP contribution >= 0.6 is 0 Å². The topological polar surface area (TPSA) is 74.3 Å². The van der Waals surface area contributed by atoms with E-state index in [-0.39, 0.29) is 24.5 Å². The molecule has 0 fully saturated rings. The lowest BCUT2D eigenvalue weighted by Gasteiger charge is -2.29. The Bertz CT molecular complexity index is 768. The summed E-state index contributed by atoms with van der Waals surface area (Å²) in [6.45, 7) is -0.426. The maximum Gasteiger partial charge on any atom is 0.246 e. The minimum absolute atomic E-state index is 0.102. The van der Waals surface area contributed by atoms with Gasteiger partial charge in [-0.25, -0.2) is 13.8 Å². The summed E-state index contributed by atoms with van der Waals surface area (Å²) in [6, 6.07) is 6.85. The van der Waals surface area contributed by atoms with Gasteiger partial charge in [0.2, 0.25) is 11.8 Å². The highest BCUT2D eigenvalue weighted by atomic mass is 19.2. The number of nitrogens with one attached hydrogen (secondary N) is 2. The number of nitrogens with zero attached hydrogens (tertiary/aromatic N) is 2. The van der Waals surface area contributed by atoms with E-state index in [0.29, 0.717) is 5.82 Å². The average Bonchev–Trinajstić information content (AvgIpc) is 2.53. The predicted molar refractivity (Wildman–Crippen MR) is 80.1 cm³/mol. The fraction of sp³-hybridized carbons (Fsp3) is 0.133. The van der Waals surface area contributed by atoms with E-state index in [1.165, 1.54) is 6.20 Å². The highest BCUT2D eigenvalue weighted by molar-refractivity contribution is 6.07. The summed E-state index contributed by atoms with van der Waals surface area (Å²) in [5.41, 5.74) is 0.380. The molecular formula is C15H12F2N4O2. The van der Waals surface area contributed by atoms with E-state index in [9.17, 15) is 18.4 Å². The SMILES string of the molecule is O=C(CN1C(=O)CNc2cc(F)c(F)cc21)Nc1ccccn1. The van der Waals surface area contributed by atoms with Gasteiger partial charge in [0.05, 0.1) is 17.9 Å². The Morgan fingerprint density at radius 3 is 2.83 bits per heavy atom. The second-order valence-corrected chi connectivity index (χ2v) is 4.88. The zero-order chi connectivity index (χ0) is 16.4. The first kappa shape index (κ1) is 14.9. The molecule has 3 rings (SSSR count). The summed E-state index contributed by atoms with van der Waals surface area (Å²) in [5.74, 6) is -2.68. The zero-order valence-corrected chi connectivity index (χ0v) is 11.8. The number of rotatable bonds is 3. The number of fused-ring (bicyclic) bond motifs is 1. The van der Waals surface area contributed by atoms with Crippen LogP contribution < -0.4 is 15.5 Å². The van der Waals surface area contributed by atoms with Crippen molar-refractivity contribution >= 4 is 29.0 Å². The molecule has 2 amide bonds. The molecule has 0 atom stereocenters. The van der Waals surface area contributed by atoms with E-state index >= 15 is 0 Å². The summed E-state index contributed by atoms with van der Waals surface area (Å²) < 4.78 is 26.7. The number of hydrogen-bond donors (Lipinski definition) is 2. The van der Waals surface area contributed by atoms with Crippen LogP contribution in [0.4, 0.5) is 26.0 Å². The molecule has 6 nitrogen and oxygen atoms in total. The number of carbonyl (C=O) groups is 2. The lowest BCUT2D eigenvalue weighted by molar-refractivity contribution is -0.120. The Kier molecular flexibility index (Phi) is 3.88. The maximum absolute atomic E-state index is 13.4. The first-order valence-corrected chi connectivity index (χ1v) is 6.79. The molecule has 0 unspecified atom stereocenters. The van der Waals surface area contributed by atoms with Crippen LogP contribution in [0.15, 0.2) is 36.5 Å². The Labute approximate surface area is 130 Å². The third kappa shape index (κ3) is 3.10. The van der Waals surface area contributed by atoms with Crippen LogP contribution in [0.2, 0.25) is 0 Å². The molecule has 1 aromatic heterocycles. The van der Waals surface area contributed by atoms with Crippen molar-refractivity contribution in [3.05, 3.63) is 48.2 Å². The van der Waals surface area contributed by atoms with Gasteiger partial charge in [0, 0.05) is 18.3 Å². The molecule has 2 aromatic rings. The highest BCUT2D eigenvalue weighted by Gasteiger charge is 2.27. The van der Waals surface area contributed by atoms with E-state index in [1.807, 2.05) is 0 Å². The average molecular weight is 318 g/mol. The number of halogens is 2. The first-order chi connectivity index (χ1) is 11.0. The molecule has 0 spiro atoms. The van der Waals surface area contributed by atoms with Gasteiger partial charge in [0.15, 0.2) is 11.6 Å². The normalized spacial score (nSPS) is 13.3. The minimum atomic E-state index is -1.09. The van der Waals surface area contributed by atoms with Crippen molar-refractivity contribution in [3.63, 3.8) is 0 Å². The molecule has 2 N–H and O–H groups in total. The van der Waals surface area contributed by atoms with Gasteiger partial charge in [0.25, 0.3) is 0 Å². The molecule has 23 heavy (non-hydrogen) atoms. The van der Waals surface area contributed by atoms with Gasteiger partial charge in [-0.3, -0.25) is 14.5 Å². The van der Waals surface area contributed by atoms with Gasteiger partial charge in [-0.15, -0.1) is 0 Å². The molecule has 8 heteroatoms. The van der Waals surface area contributed by atoms with Crippen LogP contribution in [0.1, 0.15) is 0 Å². The van der Waals surface area contributed by atoms with Crippen molar-refractivity contribution in [1.82, 2.24) is 4.98 Å². The molecular weight excluding hydrogens is 306 g/mol. The number of hydrogen-bond acceptors (Lipinski definition) is 4.